The Morgan fingerprint density at radius 2 is 1.83 bits per heavy atom. The number of carbonyl (C=O) groups excluding carboxylic acids is 1. The summed E-state index contributed by atoms with van der Waals surface area (Å²) < 4.78 is 0. The second kappa shape index (κ2) is 6.61. The first kappa shape index (κ1) is 10.9. The molecule has 0 aromatic carbocycles. The van der Waals surface area contributed by atoms with E-state index in [1.165, 1.54) is 6.08 Å². The van der Waals surface area contributed by atoms with Crippen LogP contribution in [0.2, 0.25) is 12.1 Å². The molecule has 0 saturated carbocycles. The van der Waals surface area contributed by atoms with Gasteiger partial charge in [-0.2, -0.15) is 0 Å². The van der Waals surface area contributed by atoms with Gasteiger partial charge in [0.15, 0.2) is 0 Å². The third kappa shape index (κ3) is 5.67. The van der Waals surface area contributed by atoms with Crippen molar-refractivity contribution in [2.24, 2.45) is 5.73 Å². The van der Waals surface area contributed by atoms with Gasteiger partial charge in [0.1, 0.15) is 0 Å². The Hall–Kier alpha value is -1.09. The highest BCUT2D eigenvalue weighted by Gasteiger charge is 2.01. The van der Waals surface area contributed by atoms with Crippen molar-refractivity contribution in [2.45, 2.75) is 12.1 Å². The van der Waals surface area contributed by atoms with E-state index in [0.717, 1.165) is 12.1 Å². The van der Waals surface area contributed by atoms with Gasteiger partial charge in [0, 0.05) is 0 Å². The van der Waals surface area contributed by atoms with E-state index in [9.17, 15) is 4.79 Å². The largest absolute Gasteiger partial charge is 0.366 e. The van der Waals surface area contributed by atoms with Crippen molar-refractivity contribution >= 4 is 14.7 Å². The number of hydrogen-bond acceptors (Lipinski definition) is 1. The average molecular weight is 181 g/mol. The summed E-state index contributed by atoms with van der Waals surface area (Å²) in [5, 5.41) is 0. The molecule has 2 N–H and O–H groups in total. The topological polar surface area (TPSA) is 43.1 Å². The lowest BCUT2D eigenvalue weighted by molar-refractivity contribution is -0.113. The van der Waals surface area contributed by atoms with Crippen molar-refractivity contribution in [3.63, 3.8) is 0 Å². The molecule has 0 aliphatic carbocycles. The normalized spacial score (nSPS) is 10.4. The van der Waals surface area contributed by atoms with E-state index in [0.29, 0.717) is 0 Å². The molecule has 3 heteroatoms. The highest BCUT2D eigenvalue weighted by Crippen LogP contribution is 2.02. The number of nitrogens with two attached hydrogens (primary N) is 1. The van der Waals surface area contributed by atoms with Crippen molar-refractivity contribution in [3.8, 4) is 0 Å². The van der Waals surface area contributed by atoms with E-state index >= 15 is 0 Å². The monoisotopic (exact) mass is 181 g/mol. The summed E-state index contributed by atoms with van der Waals surface area (Å²) in [6.07, 6.45) is 5.21. The third-order valence-corrected chi connectivity index (χ3v) is 4.09. The molecule has 0 aliphatic heterocycles. The van der Waals surface area contributed by atoms with Crippen molar-refractivity contribution < 1.29 is 4.79 Å². The molecule has 2 nitrogen and oxygen atoms in total. The molecule has 0 bridgehead atoms. The lowest BCUT2D eigenvalue weighted by Gasteiger charge is -2.02. The Balaban J connectivity index is 4.00. The maximum atomic E-state index is 10.4. The van der Waals surface area contributed by atoms with E-state index in [4.69, 9.17) is 5.73 Å². The molecule has 0 atom stereocenters. The van der Waals surface area contributed by atoms with E-state index in [1.807, 2.05) is 17.9 Å². The molecule has 0 heterocycles. The van der Waals surface area contributed by atoms with Crippen LogP contribution in [0.5, 0.6) is 0 Å². The summed E-state index contributed by atoms with van der Waals surface area (Å²) in [7, 11) is -1.01. The van der Waals surface area contributed by atoms with Crippen LogP contribution in [0.1, 0.15) is 0 Å². The summed E-state index contributed by atoms with van der Waals surface area (Å²) in [4.78, 5) is 10.4. The van der Waals surface area contributed by atoms with Crippen LogP contribution in [0.3, 0.4) is 0 Å². The zero-order chi connectivity index (χ0) is 9.40. The molecular weight excluding hydrogens is 166 g/mol. The van der Waals surface area contributed by atoms with E-state index in [1.54, 1.807) is 0 Å². The maximum absolute atomic E-state index is 10.4. The standard InChI is InChI=1S/C9H15NOSi/c1-3-6-12(7-4-2)8-5-9(10)11/h3-5,8,12H,1-2,6-7H2,(H2,10,11). The van der Waals surface area contributed by atoms with Gasteiger partial charge in [-0.25, -0.2) is 0 Å². The van der Waals surface area contributed by atoms with Gasteiger partial charge in [0.25, 0.3) is 0 Å². The van der Waals surface area contributed by atoms with Crippen molar-refractivity contribution in [2.75, 3.05) is 0 Å². The zero-order valence-corrected chi connectivity index (χ0v) is 8.36. The zero-order valence-electron chi connectivity index (χ0n) is 7.20. The molecule has 0 aliphatic rings. The first-order valence-electron chi connectivity index (χ1n) is 3.90. The highest BCUT2D eigenvalue weighted by atomic mass is 28.3. The molecule has 66 valence electrons. The molecule has 12 heavy (non-hydrogen) atoms. The van der Waals surface area contributed by atoms with Crippen molar-refractivity contribution in [3.05, 3.63) is 37.1 Å². The number of amides is 1. The summed E-state index contributed by atoms with van der Waals surface area (Å²) in [5.74, 6) is -0.374. The van der Waals surface area contributed by atoms with E-state index < -0.39 is 8.80 Å². The fourth-order valence-electron chi connectivity index (χ4n) is 0.912. The molecule has 0 aromatic heterocycles. The summed E-state index contributed by atoms with van der Waals surface area (Å²) in [6.45, 7) is 7.32. The van der Waals surface area contributed by atoms with Crippen LogP contribution in [0, 0.1) is 0 Å². The molecule has 0 unspecified atom stereocenters. The van der Waals surface area contributed by atoms with Gasteiger partial charge in [0.2, 0.25) is 5.91 Å². The summed E-state index contributed by atoms with van der Waals surface area (Å²) >= 11 is 0. The minimum absolute atomic E-state index is 0.374. The fraction of sp³-hybridized carbons (Fsp3) is 0.222. The highest BCUT2D eigenvalue weighted by molar-refractivity contribution is 6.65. The van der Waals surface area contributed by atoms with Crippen LogP contribution in [0.15, 0.2) is 37.1 Å². The Bertz CT molecular complexity index is 189. The Morgan fingerprint density at radius 1 is 1.33 bits per heavy atom. The minimum Gasteiger partial charge on any atom is -0.366 e. The minimum atomic E-state index is -1.01. The fourth-order valence-corrected chi connectivity index (χ4v) is 2.74. The van der Waals surface area contributed by atoms with Crippen LogP contribution in [-0.4, -0.2) is 14.7 Å². The number of carbonyl (C=O) groups is 1. The second-order valence-corrected chi connectivity index (χ2v) is 5.42. The number of allylic oxidation sites excluding steroid dienone is 2. The first-order chi connectivity index (χ1) is 5.70. The van der Waals surface area contributed by atoms with Gasteiger partial charge in [0.05, 0.1) is 8.80 Å². The Kier molecular flexibility index (Phi) is 6.00. The predicted octanol–water partition coefficient (Wildman–Crippen LogP) is 1.17. The second-order valence-electron chi connectivity index (χ2n) is 2.57. The van der Waals surface area contributed by atoms with Gasteiger partial charge >= 0.3 is 0 Å². The van der Waals surface area contributed by atoms with Crippen LogP contribution in [0.4, 0.5) is 0 Å². The number of rotatable bonds is 6. The van der Waals surface area contributed by atoms with Gasteiger partial charge < -0.3 is 5.73 Å². The molecule has 0 radical (unpaired) electrons. The number of primary amides is 1. The first-order valence-corrected chi connectivity index (χ1v) is 6.20. The van der Waals surface area contributed by atoms with Gasteiger partial charge in [-0.1, -0.05) is 17.9 Å². The summed E-state index contributed by atoms with van der Waals surface area (Å²) in [5.41, 5.74) is 6.91. The van der Waals surface area contributed by atoms with Gasteiger partial charge in [-0.3, -0.25) is 4.79 Å². The van der Waals surface area contributed by atoms with Gasteiger partial charge in [-0.05, 0) is 18.2 Å². The van der Waals surface area contributed by atoms with E-state index in [-0.39, 0.29) is 5.91 Å². The van der Waals surface area contributed by atoms with Crippen molar-refractivity contribution in [1.29, 1.82) is 0 Å². The van der Waals surface area contributed by atoms with Crippen LogP contribution in [-0.2, 0) is 4.79 Å². The third-order valence-electron chi connectivity index (χ3n) is 1.47. The predicted molar refractivity (Wildman–Crippen MR) is 55.5 cm³/mol. The van der Waals surface area contributed by atoms with Crippen molar-refractivity contribution in [1.82, 2.24) is 0 Å². The average Bonchev–Trinajstić information content (AvgIpc) is 2.01. The quantitative estimate of drug-likeness (QED) is 0.373. The number of hydrogen-bond donors (Lipinski definition) is 1. The Labute approximate surface area is 75.1 Å². The molecular formula is C9H15NOSi. The molecule has 0 saturated heterocycles. The molecule has 0 spiro atoms. The smallest absolute Gasteiger partial charge is 0.240 e. The molecule has 0 aromatic rings. The SMILES string of the molecule is C=CC[SiH](C=CC(N)=O)CC=C. The Morgan fingerprint density at radius 3 is 2.17 bits per heavy atom. The summed E-state index contributed by atoms with van der Waals surface area (Å²) in [6, 6.07) is 1.96. The van der Waals surface area contributed by atoms with Crippen LogP contribution < -0.4 is 5.73 Å². The molecule has 1 amide bonds. The molecule has 0 rings (SSSR count). The van der Waals surface area contributed by atoms with Crippen LogP contribution >= 0.6 is 0 Å². The molecule has 0 fully saturated rings. The van der Waals surface area contributed by atoms with E-state index in [2.05, 4.69) is 13.2 Å². The lowest BCUT2D eigenvalue weighted by atomic mass is 10.6. The lowest BCUT2D eigenvalue weighted by Crippen LogP contribution is -2.11. The maximum Gasteiger partial charge on any atom is 0.240 e. The van der Waals surface area contributed by atoms with Gasteiger partial charge in [-0.15, -0.1) is 13.2 Å². The van der Waals surface area contributed by atoms with Crippen LogP contribution in [0.25, 0.3) is 0 Å².